The molecule has 43 heavy (non-hydrogen) atoms. The van der Waals surface area contributed by atoms with Gasteiger partial charge in [-0.1, -0.05) is 97.1 Å². The Labute approximate surface area is 245 Å². The van der Waals surface area contributed by atoms with Crippen molar-refractivity contribution in [3.8, 4) is 22.5 Å². The summed E-state index contributed by atoms with van der Waals surface area (Å²) in [7, 11) is 0. The Hall–Kier alpha value is -5.80. The molecule has 0 saturated heterocycles. The molecule has 3 heteroatoms. The largest absolute Gasteiger partial charge is 0.456 e. The van der Waals surface area contributed by atoms with Gasteiger partial charge in [-0.15, -0.1) is 0 Å². The molecule has 0 amide bonds. The first kappa shape index (κ1) is 22.8. The van der Waals surface area contributed by atoms with Gasteiger partial charge in [0.2, 0.25) is 0 Å². The number of benzene rings is 7. The van der Waals surface area contributed by atoms with Crippen LogP contribution in [0.4, 0.5) is 0 Å². The van der Waals surface area contributed by atoms with E-state index >= 15 is 0 Å². The van der Waals surface area contributed by atoms with Crippen LogP contribution in [-0.2, 0) is 0 Å². The molecule has 200 valence electrons. The van der Waals surface area contributed by atoms with Gasteiger partial charge in [-0.25, -0.2) is 0 Å². The molecule has 0 aliphatic rings. The van der Waals surface area contributed by atoms with E-state index in [4.69, 9.17) is 13.3 Å². The molecule has 0 fully saturated rings. The Morgan fingerprint density at radius 3 is 1.58 bits per heavy atom. The van der Waals surface area contributed by atoms with Gasteiger partial charge in [-0.05, 0) is 69.1 Å². The van der Waals surface area contributed by atoms with E-state index in [2.05, 4.69) is 103 Å². The second-order valence-corrected chi connectivity index (χ2v) is 11.2. The minimum atomic E-state index is 0.776. The molecule has 3 aromatic heterocycles. The van der Waals surface area contributed by atoms with E-state index in [-0.39, 0.29) is 0 Å². The standard InChI is InChI=1S/C40H22O3/c1-3-13-29-27(11-1)37(23-18-20-35-32(21-23)26-10-6-7-15-33(26)41-35)28-12-2-4-14-30(28)38(29)36-22-24-17-19-31-25-9-5-8-16-34(25)42-40(31)39(24)43-36/h1-22H. The van der Waals surface area contributed by atoms with Gasteiger partial charge >= 0.3 is 0 Å². The summed E-state index contributed by atoms with van der Waals surface area (Å²) in [5.74, 6) is 0.832. The Kier molecular flexibility index (Phi) is 4.45. The van der Waals surface area contributed by atoms with Gasteiger partial charge in [-0.2, -0.15) is 0 Å². The molecule has 0 aliphatic carbocycles. The van der Waals surface area contributed by atoms with Crippen LogP contribution in [0.2, 0.25) is 0 Å². The number of para-hydroxylation sites is 2. The number of fused-ring (bicyclic) bond motifs is 10. The van der Waals surface area contributed by atoms with E-state index in [9.17, 15) is 0 Å². The average molecular weight is 551 g/mol. The summed E-state index contributed by atoms with van der Waals surface area (Å²) in [5, 5.41) is 10.1. The molecule has 0 N–H and O–H groups in total. The van der Waals surface area contributed by atoms with Gasteiger partial charge in [0, 0.05) is 32.5 Å². The molecule has 0 radical (unpaired) electrons. The van der Waals surface area contributed by atoms with E-state index < -0.39 is 0 Å². The van der Waals surface area contributed by atoms with Crippen molar-refractivity contribution in [2.45, 2.75) is 0 Å². The van der Waals surface area contributed by atoms with Crippen LogP contribution in [-0.4, -0.2) is 0 Å². The highest BCUT2D eigenvalue weighted by molar-refractivity contribution is 6.22. The minimum Gasteiger partial charge on any atom is -0.456 e. The van der Waals surface area contributed by atoms with Gasteiger partial charge in [0.25, 0.3) is 0 Å². The van der Waals surface area contributed by atoms with Gasteiger partial charge in [0.15, 0.2) is 11.2 Å². The number of hydrogen-bond donors (Lipinski definition) is 0. The summed E-state index contributed by atoms with van der Waals surface area (Å²) in [6, 6.07) is 46.7. The monoisotopic (exact) mass is 550 g/mol. The predicted octanol–water partition coefficient (Wildman–Crippen LogP) is 11.9. The zero-order valence-corrected chi connectivity index (χ0v) is 22.9. The Bertz CT molecular complexity index is 2680. The normalized spacial score (nSPS) is 12.2. The van der Waals surface area contributed by atoms with Crippen LogP contribution >= 0.6 is 0 Å². The van der Waals surface area contributed by atoms with Crippen LogP contribution < -0.4 is 0 Å². The maximum atomic E-state index is 6.75. The van der Waals surface area contributed by atoms with Gasteiger partial charge in [0.05, 0.1) is 0 Å². The number of hydrogen-bond acceptors (Lipinski definition) is 3. The Balaban J connectivity index is 1.28. The second kappa shape index (κ2) is 8.37. The number of furan rings is 3. The fraction of sp³-hybridized carbons (Fsp3) is 0. The van der Waals surface area contributed by atoms with Crippen molar-refractivity contribution >= 4 is 76.4 Å². The lowest BCUT2D eigenvalue weighted by Crippen LogP contribution is -1.89. The third-order valence-corrected chi connectivity index (χ3v) is 8.87. The first-order valence-electron chi connectivity index (χ1n) is 14.5. The molecule has 3 heterocycles. The topological polar surface area (TPSA) is 39.4 Å². The van der Waals surface area contributed by atoms with E-state index in [1.807, 2.05) is 30.3 Å². The van der Waals surface area contributed by atoms with Crippen LogP contribution in [0.25, 0.3) is 98.8 Å². The number of rotatable bonds is 2. The Morgan fingerprint density at radius 1 is 0.326 bits per heavy atom. The fourth-order valence-corrected chi connectivity index (χ4v) is 6.99. The summed E-state index contributed by atoms with van der Waals surface area (Å²) < 4.78 is 19.2. The highest BCUT2D eigenvalue weighted by Crippen LogP contribution is 2.46. The van der Waals surface area contributed by atoms with E-state index in [1.54, 1.807) is 0 Å². The third kappa shape index (κ3) is 3.14. The zero-order valence-electron chi connectivity index (χ0n) is 22.9. The molecule has 0 aliphatic heterocycles. The molecule has 0 saturated carbocycles. The molecule has 0 unspecified atom stereocenters. The minimum absolute atomic E-state index is 0.776. The smallest absolute Gasteiger partial charge is 0.178 e. The highest BCUT2D eigenvalue weighted by atomic mass is 16.4. The maximum absolute atomic E-state index is 6.75. The van der Waals surface area contributed by atoms with Crippen molar-refractivity contribution in [1.29, 1.82) is 0 Å². The van der Waals surface area contributed by atoms with Crippen LogP contribution in [0, 0.1) is 0 Å². The van der Waals surface area contributed by atoms with E-state index in [0.717, 1.165) is 82.5 Å². The molecule has 3 nitrogen and oxygen atoms in total. The molecular formula is C40H22O3. The third-order valence-electron chi connectivity index (χ3n) is 8.87. The van der Waals surface area contributed by atoms with Gasteiger partial charge < -0.3 is 13.3 Å². The van der Waals surface area contributed by atoms with Crippen LogP contribution in [0.15, 0.2) is 147 Å². The van der Waals surface area contributed by atoms with Crippen LogP contribution in [0.1, 0.15) is 0 Å². The molecule has 10 rings (SSSR count). The summed E-state index contributed by atoms with van der Waals surface area (Å²) in [6.07, 6.45) is 0. The van der Waals surface area contributed by atoms with Crippen molar-refractivity contribution in [1.82, 2.24) is 0 Å². The molecule has 0 bridgehead atoms. The fourth-order valence-electron chi connectivity index (χ4n) is 6.99. The maximum Gasteiger partial charge on any atom is 0.178 e. The van der Waals surface area contributed by atoms with Crippen LogP contribution in [0.5, 0.6) is 0 Å². The SMILES string of the molecule is c1ccc2c(c1)oc1ccc(-c3c4ccccc4c(-c4cc5ccc6c7ccccc7oc6c5o4)c4ccccc34)cc12. The highest BCUT2D eigenvalue weighted by Gasteiger charge is 2.21. The molecule has 0 spiro atoms. The molecule has 7 aromatic carbocycles. The van der Waals surface area contributed by atoms with E-state index in [0.29, 0.717) is 0 Å². The van der Waals surface area contributed by atoms with Crippen molar-refractivity contribution in [3.05, 3.63) is 133 Å². The summed E-state index contributed by atoms with van der Waals surface area (Å²) in [4.78, 5) is 0. The van der Waals surface area contributed by atoms with Gasteiger partial charge in [0.1, 0.15) is 22.5 Å². The summed E-state index contributed by atoms with van der Waals surface area (Å²) in [6.45, 7) is 0. The predicted molar refractivity (Wildman–Crippen MR) is 177 cm³/mol. The summed E-state index contributed by atoms with van der Waals surface area (Å²) >= 11 is 0. The van der Waals surface area contributed by atoms with Crippen LogP contribution in [0.3, 0.4) is 0 Å². The van der Waals surface area contributed by atoms with Crippen molar-refractivity contribution in [3.63, 3.8) is 0 Å². The first-order chi connectivity index (χ1) is 21.3. The molecule has 0 atom stereocenters. The van der Waals surface area contributed by atoms with Crippen molar-refractivity contribution in [2.24, 2.45) is 0 Å². The Morgan fingerprint density at radius 2 is 0.884 bits per heavy atom. The van der Waals surface area contributed by atoms with Gasteiger partial charge in [-0.3, -0.25) is 0 Å². The molecular weight excluding hydrogens is 528 g/mol. The lowest BCUT2D eigenvalue weighted by Gasteiger charge is -2.16. The lowest BCUT2D eigenvalue weighted by molar-refractivity contribution is 0.612. The quantitative estimate of drug-likeness (QED) is 0.201. The second-order valence-electron chi connectivity index (χ2n) is 11.2. The zero-order chi connectivity index (χ0) is 28.1. The molecule has 10 aromatic rings. The lowest BCUT2D eigenvalue weighted by atomic mass is 9.87. The van der Waals surface area contributed by atoms with E-state index in [1.165, 1.54) is 16.3 Å². The van der Waals surface area contributed by atoms with Crippen molar-refractivity contribution < 1.29 is 13.3 Å². The van der Waals surface area contributed by atoms with Crippen molar-refractivity contribution in [2.75, 3.05) is 0 Å². The average Bonchev–Trinajstić information content (AvgIpc) is 3.76. The first-order valence-corrected chi connectivity index (χ1v) is 14.5. The summed E-state index contributed by atoms with van der Waals surface area (Å²) in [5.41, 5.74) is 7.69.